The highest BCUT2D eigenvalue weighted by atomic mass is 16.3. The Kier molecular flexibility index (Phi) is 2.27. The number of rotatable bonds is 3. The standard InChI is InChI=1S/C6H13N5O/c1-6(2,12)4-7-5-8-9-10-11(5)3/h12H,4H2,1-3H3,(H,7,8,10). The van der Waals surface area contributed by atoms with Crippen molar-refractivity contribution in [3.05, 3.63) is 0 Å². The van der Waals surface area contributed by atoms with Gasteiger partial charge in [0.2, 0.25) is 5.95 Å². The summed E-state index contributed by atoms with van der Waals surface area (Å²) >= 11 is 0. The minimum atomic E-state index is -0.758. The Morgan fingerprint density at radius 2 is 2.25 bits per heavy atom. The number of aryl methyl sites for hydroxylation is 1. The van der Waals surface area contributed by atoms with Gasteiger partial charge in [-0.3, -0.25) is 0 Å². The van der Waals surface area contributed by atoms with E-state index in [0.29, 0.717) is 12.5 Å². The van der Waals surface area contributed by atoms with Crippen molar-refractivity contribution >= 4 is 5.95 Å². The van der Waals surface area contributed by atoms with E-state index in [9.17, 15) is 5.11 Å². The molecule has 0 radical (unpaired) electrons. The zero-order valence-corrected chi connectivity index (χ0v) is 7.44. The van der Waals surface area contributed by atoms with E-state index in [-0.39, 0.29) is 0 Å². The van der Waals surface area contributed by atoms with Gasteiger partial charge in [0.25, 0.3) is 0 Å². The normalized spacial score (nSPS) is 11.7. The van der Waals surface area contributed by atoms with Gasteiger partial charge in [0, 0.05) is 13.6 Å². The lowest BCUT2D eigenvalue weighted by Crippen LogP contribution is -2.30. The second-order valence-electron chi connectivity index (χ2n) is 3.29. The summed E-state index contributed by atoms with van der Waals surface area (Å²) in [6.07, 6.45) is 0. The van der Waals surface area contributed by atoms with Crippen molar-refractivity contribution in [2.75, 3.05) is 11.9 Å². The van der Waals surface area contributed by atoms with E-state index in [2.05, 4.69) is 20.8 Å². The molecule has 0 amide bonds. The Morgan fingerprint density at radius 3 is 2.67 bits per heavy atom. The second kappa shape index (κ2) is 3.06. The summed E-state index contributed by atoms with van der Waals surface area (Å²) < 4.78 is 1.51. The molecule has 0 aliphatic heterocycles. The van der Waals surface area contributed by atoms with Gasteiger partial charge in [-0.1, -0.05) is 5.10 Å². The van der Waals surface area contributed by atoms with E-state index in [4.69, 9.17) is 0 Å². The first-order chi connectivity index (χ1) is 5.49. The highest BCUT2D eigenvalue weighted by molar-refractivity contribution is 5.21. The largest absolute Gasteiger partial charge is 0.389 e. The van der Waals surface area contributed by atoms with Gasteiger partial charge in [0.15, 0.2) is 0 Å². The molecule has 0 saturated heterocycles. The Bertz CT molecular complexity index is 251. The Morgan fingerprint density at radius 1 is 1.58 bits per heavy atom. The summed E-state index contributed by atoms with van der Waals surface area (Å²) in [6, 6.07) is 0. The molecule has 1 heterocycles. The zero-order valence-electron chi connectivity index (χ0n) is 7.44. The van der Waals surface area contributed by atoms with Crippen molar-refractivity contribution in [2.45, 2.75) is 19.4 Å². The number of anilines is 1. The van der Waals surface area contributed by atoms with E-state index in [1.165, 1.54) is 4.68 Å². The zero-order chi connectivity index (χ0) is 9.19. The fourth-order valence-corrected chi connectivity index (χ4v) is 0.675. The van der Waals surface area contributed by atoms with Crippen molar-refractivity contribution in [1.29, 1.82) is 0 Å². The lowest BCUT2D eigenvalue weighted by atomic mass is 10.1. The van der Waals surface area contributed by atoms with Crippen LogP contribution in [0.4, 0.5) is 5.95 Å². The van der Waals surface area contributed by atoms with Gasteiger partial charge in [-0.05, 0) is 24.3 Å². The topological polar surface area (TPSA) is 75.9 Å². The van der Waals surface area contributed by atoms with E-state index in [1.54, 1.807) is 20.9 Å². The van der Waals surface area contributed by atoms with E-state index in [0.717, 1.165) is 0 Å². The molecule has 0 aliphatic carbocycles. The summed E-state index contributed by atoms with van der Waals surface area (Å²) in [5.74, 6) is 0.553. The van der Waals surface area contributed by atoms with Gasteiger partial charge >= 0.3 is 0 Å². The van der Waals surface area contributed by atoms with E-state index < -0.39 is 5.60 Å². The highest BCUT2D eigenvalue weighted by Crippen LogP contribution is 2.02. The third-order valence-electron chi connectivity index (χ3n) is 1.30. The fraction of sp³-hybridized carbons (Fsp3) is 0.833. The Labute approximate surface area is 70.6 Å². The van der Waals surface area contributed by atoms with Crippen LogP contribution in [-0.4, -0.2) is 37.5 Å². The first-order valence-electron chi connectivity index (χ1n) is 3.68. The molecule has 1 aromatic heterocycles. The quantitative estimate of drug-likeness (QED) is 0.634. The summed E-state index contributed by atoms with van der Waals surface area (Å²) in [5.41, 5.74) is -0.758. The van der Waals surface area contributed by atoms with Crippen LogP contribution in [-0.2, 0) is 7.05 Å². The molecule has 2 N–H and O–H groups in total. The van der Waals surface area contributed by atoms with E-state index in [1.807, 2.05) is 0 Å². The molecule has 6 nitrogen and oxygen atoms in total. The van der Waals surface area contributed by atoms with Gasteiger partial charge in [0.1, 0.15) is 0 Å². The average molecular weight is 171 g/mol. The maximum atomic E-state index is 9.37. The Balaban J connectivity index is 2.49. The molecule has 0 atom stereocenters. The minimum absolute atomic E-state index is 0.418. The smallest absolute Gasteiger partial charge is 0.242 e. The molecule has 1 aromatic rings. The molecular weight excluding hydrogens is 158 g/mol. The fourth-order valence-electron chi connectivity index (χ4n) is 0.675. The van der Waals surface area contributed by atoms with Crippen LogP contribution in [0.15, 0.2) is 0 Å². The number of hydrogen-bond acceptors (Lipinski definition) is 5. The van der Waals surface area contributed by atoms with E-state index >= 15 is 0 Å². The molecule has 6 heteroatoms. The van der Waals surface area contributed by atoms with Crippen LogP contribution in [0.2, 0.25) is 0 Å². The first kappa shape index (κ1) is 8.92. The summed E-state index contributed by atoms with van der Waals surface area (Å²) in [5, 5.41) is 23.0. The predicted molar refractivity (Wildman–Crippen MR) is 43.6 cm³/mol. The van der Waals surface area contributed by atoms with Crippen molar-refractivity contribution in [3.8, 4) is 0 Å². The lowest BCUT2D eigenvalue weighted by molar-refractivity contribution is 0.0942. The van der Waals surface area contributed by atoms with Gasteiger partial charge in [-0.2, -0.15) is 0 Å². The third-order valence-corrected chi connectivity index (χ3v) is 1.30. The molecule has 0 spiro atoms. The molecule has 0 saturated carbocycles. The molecule has 68 valence electrons. The lowest BCUT2D eigenvalue weighted by Gasteiger charge is -2.16. The van der Waals surface area contributed by atoms with Crippen molar-refractivity contribution < 1.29 is 5.11 Å². The summed E-state index contributed by atoms with van der Waals surface area (Å²) in [4.78, 5) is 0. The van der Waals surface area contributed by atoms with Crippen LogP contribution in [0.5, 0.6) is 0 Å². The third kappa shape index (κ3) is 2.46. The van der Waals surface area contributed by atoms with Crippen molar-refractivity contribution in [2.24, 2.45) is 7.05 Å². The summed E-state index contributed by atoms with van der Waals surface area (Å²) in [7, 11) is 1.73. The highest BCUT2D eigenvalue weighted by Gasteiger charge is 2.13. The molecule has 0 bridgehead atoms. The molecule has 1 rings (SSSR count). The SMILES string of the molecule is Cn1nnnc1NCC(C)(C)O. The number of hydrogen-bond donors (Lipinski definition) is 2. The van der Waals surface area contributed by atoms with Crippen LogP contribution in [0.25, 0.3) is 0 Å². The monoisotopic (exact) mass is 171 g/mol. The van der Waals surface area contributed by atoms with Crippen LogP contribution < -0.4 is 5.32 Å². The van der Waals surface area contributed by atoms with Crippen molar-refractivity contribution in [3.63, 3.8) is 0 Å². The van der Waals surface area contributed by atoms with Crippen molar-refractivity contribution in [1.82, 2.24) is 20.2 Å². The molecule has 0 aromatic carbocycles. The Hall–Kier alpha value is -1.17. The molecular formula is C6H13N5O. The molecule has 0 aliphatic rings. The van der Waals surface area contributed by atoms with Gasteiger partial charge in [0.05, 0.1) is 5.60 Å². The number of nitrogens with zero attached hydrogens (tertiary/aromatic N) is 4. The minimum Gasteiger partial charge on any atom is -0.389 e. The average Bonchev–Trinajstić information content (AvgIpc) is 2.29. The first-order valence-corrected chi connectivity index (χ1v) is 3.68. The molecule has 0 fully saturated rings. The van der Waals surface area contributed by atoms with Crippen LogP contribution in [0.3, 0.4) is 0 Å². The van der Waals surface area contributed by atoms with Gasteiger partial charge in [-0.25, -0.2) is 4.68 Å². The van der Waals surface area contributed by atoms with Crippen LogP contribution >= 0.6 is 0 Å². The number of aliphatic hydroxyl groups is 1. The van der Waals surface area contributed by atoms with Crippen LogP contribution in [0.1, 0.15) is 13.8 Å². The second-order valence-corrected chi connectivity index (χ2v) is 3.29. The molecule has 12 heavy (non-hydrogen) atoms. The van der Waals surface area contributed by atoms with Gasteiger partial charge < -0.3 is 10.4 Å². The molecule has 0 unspecified atom stereocenters. The number of tetrazole rings is 1. The predicted octanol–water partition coefficient (Wildman–Crippen LogP) is -0.607. The van der Waals surface area contributed by atoms with Gasteiger partial charge in [-0.15, -0.1) is 0 Å². The van der Waals surface area contributed by atoms with Crippen LogP contribution in [0, 0.1) is 0 Å². The number of nitrogens with one attached hydrogen (secondary N) is 1. The number of aromatic nitrogens is 4. The maximum Gasteiger partial charge on any atom is 0.242 e. The summed E-state index contributed by atoms with van der Waals surface area (Å²) in [6.45, 7) is 3.84. The maximum absolute atomic E-state index is 9.37.